The van der Waals surface area contributed by atoms with Gasteiger partial charge < -0.3 is 5.73 Å². The Labute approximate surface area is 145 Å². The van der Waals surface area contributed by atoms with E-state index >= 15 is 0 Å². The van der Waals surface area contributed by atoms with Crippen molar-refractivity contribution in [1.29, 1.82) is 0 Å². The summed E-state index contributed by atoms with van der Waals surface area (Å²) in [6, 6.07) is 7.15. The molecule has 0 aliphatic heterocycles. The Bertz CT molecular complexity index is 874. The monoisotopic (exact) mass is 343 g/mol. The number of primary amides is 1. The van der Waals surface area contributed by atoms with Gasteiger partial charge in [-0.25, -0.2) is 13.5 Å². The van der Waals surface area contributed by atoms with Gasteiger partial charge in [-0.2, -0.15) is 5.10 Å². The van der Waals surface area contributed by atoms with Crippen LogP contribution in [0.3, 0.4) is 0 Å². The van der Waals surface area contributed by atoms with E-state index in [4.69, 9.17) is 12.2 Å². The molecule has 0 fully saturated rings. The molecule has 2 N–H and O–H groups in total. The van der Waals surface area contributed by atoms with Crippen molar-refractivity contribution in [2.45, 2.75) is 32.6 Å². The first-order valence-electron chi connectivity index (χ1n) is 8.07. The van der Waals surface area contributed by atoms with Crippen LogP contribution in [0.25, 0.3) is 5.69 Å². The smallest absolute Gasteiger partial charge is 0.269 e. The molecule has 1 aromatic carbocycles. The van der Waals surface area contributed by atoms with Gasteiger partial charge in [0.05, 0.1) is 5.69 Å². The SMILES string of the molecule is C#Cc1cccc(-n2nc(C(N)=O)c3c2C[C@@H](C)C(C(C)(F)F)C3)c1. The van der Waals surface area contributed by atoms with Gasteiger partial charge in [-0.15, -0.1) is 6.42 Å². The van der Waals surface area contributed by atoms with Gasteiger partial charge in [0.25, 0.3) is 5.91 Å². The first-order valence-corrected chi connectivity index (χ1v) is 8.07. The molecule has 0 radical (unpaired) electrons. The van der Waals surface area contributed by atoms with E-state index in [9.17, 15) is 13.6 Å². The molecule has 0 saturated carbocycles. The molecular formula is C19H19F2N3O. The first kappa shape index (κ1) is 17.2. The Kier molecular flexibility index (Phi) is 4.11. The standard InChI is InChI=1S/C19H19F2N3O/c1-4-12-6-5-7-13(9-12)24-16-8-11(2)15(19(3,20)21)10-14(16)17(23-24)18(22)25/h1,5-7,9,11,15H,8,10H2,2-3H3,(H2,22,25)/t11-,15?/m1/s1. The third-order valence-corrected chi connectivity index (χ3v) is 4.86. The van der Waals surface area contributed by atoms with E-state index in [1.54, 1.807) is 29.8 Å². The van der Waals surface area contributed by atoms with E-state index in [1.807, 2.05) is 6.07 Å². The fourth-order valence-corrected chi connectivity index (χ4v) is 3.60. The number of rotatable bonds is 3. The van der Waals surface area contributed by atoms with Crippen molar-refractivity contribution in [1.82, 2.24) is 9.78 Å². The van der Waals surface area contributed by atoms with Crippen LogP contribution in [0.5, 0.6) is 0 Å². The summed E-state index contributed by atoms with van der Waals surface area (Å²) >= 11 is 0. The average molecular weight is 343 g/mol. The normalized spacial score (nSPS) is 20.0. The van der Waals surface area contributed by atoms with Gasteiger partial charge in [0.2, 0.25) is 5.92 Å². The van der Waals surface area contributed by atoms with E-state index in [0.717, 1.165) is 12.6 Å². The summed E-state index contributed by atoms with van der Waals surface area (Å²) in [4.78, 5) is 11.8. The highest BCUT2D eigenvalue weighted by molar-refractivity contribution is 5.92. The summed E-state index contributed by atoms with van der Waals surface area (Å²) in [5.41, 5.74) is 8.12. The van der Waals surface area contributed by atoms with Crippen molar-refractivity contribution in [3.8, 4) is 18.0 Å². The van der Waals surface area contributed by atoms with Crippen molar-refractivity contribution in [3.05, 3.63) is 46.8 Å². The molecule has 2 atom stereocenters. The van der Waals surface area contributed by atoms with E-state index in [1.165, 1.54) is 0 Å². The van der Waals surface area contributed by atoms with Gasteiger partial charge in [-0.05, 0) is 43.9 Å². The predicted molar refractivity (Wildman–Crippen MR) is 90.7 cm³/mol. The van der Waals surface area contributed by atoms with Gasteiger partial charge in [0.15, 0.2) is 5.69 Å². The lowest BCUT2D eigenvalue weighted by atomic mass is 9.75. The minimum absolute atomic E-state index is 0.0576. The van der Waals surface area contributed by atoms with Gasteiger partial charge >= 0.3 is 0 Å². The van der Waals surface area contributed by atoms with Crippen molar-refractivity contribution in [2.24, 2.45) is 17.6 Å². The highest BCUT2D eigenvalue weighted by atomic mass is 19.3. The number of nitrogens with zero attached hydrogens (tertiary/aromatic N) is 2. The summed E-state index contributed by atoms with van der Waals surface area (Å²) in [7, 11) is 0. The summed E-state index contributed by atoms with van der Waals surface area (Å²) < 4.78 is 29.5. The molecule has 0 bridgehead atoms. The molecule has 1 unspecified atom stereocenters. The van der Waals surface area contributed by atoms with Crippen LogP contribution in [-0.2, 0) is 12.8 Å². The van der Waals surface area contributed by atoms with E-state index in [-0.39, 0.29) is 18.0 Å². The highest BCUT2D eigenvalue weighted by Crippen LogP contribution is 2.41. The predicted octanol–water partition coefficient (Wildman–Crippen LogP) is 2.96. The number of amides is 1. The zero-order valence-corrected chi connectivity index (χ0v) is 14.1. The molecule has 0 saturated heterocycles. The van der Waals surface area contributed by atoms with Crippen molar-refractivity contribution >= 4 is 5.91 Å². The molecule has 2 aromatic rings. The molecule has 1 aromatic heterocycles. The number of alkyl halides is 2. The zero-order valence-electron chi connectivity index (χ0n) is 14.1. The molecule has 1 amide bonds. The molecule has 1 aliphatic rings. The Morgan fingerprint density at radius 2 is 2.16 bits per heavy atom. The fourth-order valence-electron chi connectivity index (χ4n) is 3.60. The van der Waals surface area contributed by atoms with Gasteiger partial charge in [0, 0.05) is 22.7 Å². The minimum atomic E-state index is -2.84. The van der Waals surface area contributed by atoms with Crippen molar-refractivity contribution in [3.63, 3.8) is 0 Å². The fraction of sp³-hybridized carbons (Fsp3) is 0.368. The third-order valence-electron chi connectivity index (χ3n) is 4.86. The number of halogens is 2. The first-order chi connectivity index (χ1) is 11.7. The van der Waals surface area contributed by atoms with Crippen LogP contribution in [0.1, 0.15) is 41.2 Å². The van der Waals surface area contributed by atoms with Crippen LogP contribution in [0.15, 0.2) is 24.3 Å². The number of fused-ring (bicyclic) bond motifs is 1. The Morgan fingerprint density at radius 3 is 2.76 bits per heavy atom. The summed E-state index contributed by atoms with van der Waals surface area (Å²) in [5, 5.41) is 4.32. The number of hydrogen-bond acceptors (Lipinski definition) is 2. The molecule has 130 valence electrons. The van der Waals surface area contributed by atoms with Crippen LogP contribution in [0, 0.1) is 24.2 Å². The maximum absolute atomic E-state index is 13.9. The van der Waals surface area contributed by atoms with Gasteiger partial charge in [0.1, 0.15) is 0 Å². The summed E-state index contributed by atoms with van der Waals surface area (Å²) in [5.74, 6) is -2.10. The lowest BCUT2D eigenvalue weighted by Gasteiger charge is -2.33. The van der Waals surface area contributed by atoms with Crippen LogP contribution in [0.4, 0.5) is 8.78 Å². The molecule has 6 heteroatoms. The topological polar surface area (TPSA) is 60.9 Å². The number of hydrogen-bond donors (Lipinski definition) is 1. The molecule has 1 heterocycles. The Morgan fingerprint density at radius 1 is 1.44 bits per heavy atom. The van der Waals surface area contributed by atoms with Crippen molar-refractivity contribution < 1.29 is 13.6 Å². The molecule has 0 spiro atoms. The highest BCUT2D eigenvalue weighted by Gasteiger charge is 2.43. The van der Waals surface area contributed by atoms with Crippen LogP contribution < -0.4 is 5.73 Å². The van der Waals surface area contributed by atoms with Crippen LogP contribution in [-0.4, -0.2) is 21.6 Å². The Hall–Kier alpha value is -2.68. The van der Waals surface area contributed by atoms with E-state index < -0.39 is 17.7 Å². The second-order valence-corrected chi connectivity index (χ2v) is 6.69. The lowest BCUT2D eigenvalue weighted by Crippen LogP contribution is -2.37. The van der Waals surface area contributed by atoms with E-state index in [0.29, 0.717) is 23.2 Å². The van der Waals surface area contributed by atoms with Crippen LogP contribution in [0.2, 0.25) is 0 Å². The maximum atomic E-state index is 13.9. The number of benzene rings is 1. The van der Waals surface area contributed by atoms with Crippen molar-refractivity contribution in [2.75, 3.05) is 0 Å². The molecule has 1 aliphatic carbocycles. The lowest BCUT2D eigenvalue weighted by molar-refractivity contribution is -0.0630. The number of carbonyl (C=O) groups is 1. The maximum Gasteiger partial charge on any atom is 0.269 e. The van der Waals surface area contributed by atoms with Gasteiger partial charge in [-0.1, -0.05) is 18.9 Å². The zero-order chi connectivity index (χ0) is 18.4. The number of terminal acetylenes is 1. The molecule has 3 rings (SSSR count). The van der Waals surface area contributed by atoms with E-state index in [2.05, 4.69) is 11.0 Å². The molecule has 4 nitrogen and oxygen atoms in total. The molecular weight excluding hydrogens is 324 g/mol. The number of nitrogens with two attached hydrogens (primary N) is 1. The largest absolute Gasteiger partial charge is 0.364 e. The van der Waals surface area contributed by atoms with Crippen LogP contribution >= 0.6 is 0 Å². The van der Waals surface area contributed by atoms with Gasteiger partial charge in [-0.3, -0.25) is 4.79 Å². The minimum Gasteiger partial charge on any atom is -0.364 e. The Balaban J connectivity index is 2.15. The number of carbonyl (C=O) groups excluding carboxylic acids is 1. The number of aromatic nitrogens is 2. The second-order valence-electron chi connectivity index (χ2n) is 6.69. The second kappa shape index (κ2) is 5.99. The summed E-state index contributed by atoms with van der Waals surface area (Å²) in [6.45, 7) is 2.72. The third kappa shape index (κ3) is 3.02. The average Bonchev–Trinajstić information content (AvgIpc) is 2.92. The quantitative estimate of drug-likeness (QED) is 0.871. The molecule has 25 heavy (non-hydrogen) atoms. The summed E-state index contributed by atoms with van der Waals surface area (Å²) in [6.07, 6.45) is 5.91.